The first kappa shape index (κ1) is 21.9. The van der Waals surface area contributed by atoms with Gasteiger partial charge in [-0.25, -0.2) is 0 Å². The Morgan fingerprint density at radius 1 is 1.00 bits per heavy atom. The number of hydrogen-bond acceptors (Lipinski definition) is 2. The maximum atomic E-state index is 13.3. The zero-order valence-electron chi connectivity index (χ0n) is 18.5. The molecule has 1 aromatic rings. The molecule has 0 aromatic heterocycles. The van der Waals surface area contributed by atoms with Crippen LogP contribution in [0, 0.1) is 11.8 Å². The number of benzene rings is 1. The van der Waals surface area contributed by atoms with Gasteiger partial charge < -0.3 is 9.80 Å². The maximum absolute atomic E-state index is 13.3. The molecule has 1 saturated heterocycles. The molecule has 0 spiro atoms. The van der Waals surface area contributed by atoms with E-state index in [1.54, 1.807) is 0 Å². The topological polar surface area (TPSA) is 40.6 Å². The first-order valence-electron chi connectivity index (χ1n) is 11.7. The lowest BCUT2D eigenvalue weighted by atomic mass is 9.80. The zero-order chi connectivity index (χ0) is 20.8. The number of carbonyl (C=O) groups is 2. The monoisotopic (exact) mass is 398 g/mol. The minimum absolute atomic E-state index is 0.0634. The number of rotatable bonds is 6. The van der Waals surface area contributed by atoms with Crippen molar-refractivity contribution in [2.75, 3.05) is 6.54 Å². The molecule has 0 radical (unpaired) electrons. The molecule has 2 aliphatic rings. The SMILES string of the molecule is CCC1CCCCN1C(=O)C1CCC(C(=O)N(Cc2ccccc2)C(C)C)CC1. The fourth-order valence-corrected chi connectivity index (χ4v) is 5.07. The first-order chi connectivity index (χ1) is 14.0. The predicted octanol–water partition coefficient (Wildman–Crippen LogP) is 5.02. The second-order valence-electron chi connectivity index (χ2n) is 9.18. The van der Waals surface area contributed by atoms with Crippen molar-refractivity contribution in [3.63, 3.8) is 0 Å². The Bertz CT molecular complexity index is 665. The smallest absolute Gasteiger partial charge is 0.226 e. The molecule has 4 heteroatoms. The molecule has 0 bridgehead atoms. The van der Waals surface area contributed by atoms with E-state index in [0.717, 1.165) is 51.5 Å². The van der Waals surface area contributed by atoms with E-state index in [9.17, 15) is 9.59 Å². The Balaban J connectivity index is 1.57. The highest BCUT2D eigenvalue weighted by atomic mass is 16.2. The Kier molecular flexibility index (Phi) is 7.74. The summed E-state index contributed by atoms with van der Waals surface area (Å²) in [4.78, 5) is 30.5. The second-order valence-corrected chi connectivity index (χ2v) is 9.18. The molecular weight excluding hydrogens is 360 g/mol. The van der Waals surface area contributed by atoms with Crippen molar-refractivity contribution in [2.24, 2.45) is 11.8 Å². The van der Waals surface area contributed by atoms with Crippen LogP contribution in [0.4, 0.5) is 0 Å². The lowest BCUT2D eigenvalue weighted by Gasteiger charge is -2.39. The number of piperidine rings is 1. The molecule has 1 atom stereocenters. The number of likely N-dealkylation sites (tertiary alicyclic amines) is 1. The minimum Gasteiger partial charge on any atom is -0.339 e. The molecule has 1 aliphatic heterocycles. The van der Waals surface area contributed by atoms with E-state index < -0.39 is 0 Å². The van der Waals surface area contributed by atoms with E-state index in [1.165, 1.54) is 12.0 Å². The molecule has 29 heavy (non-hydrogen) atoms. The van der Waals surface area contributed by atoms with Gasteiger partial charge >= 0.3 is 0 Å². The van der Waals surface area contributed by atoms with Crippen molar-refractivity contribution >= 4 is 11.8 Å². The number of carbonyl (C=O) groups excluding carboxylic acids is 2. The molecule has 1 heterocycles. The molecule has 1 unspecified atom stereocenters. The van der Waals surface area contributed by atoms with Crippen molar-refractivity contribution in [1.82, 2.24) is 9.80 Å². The third-order valence-corrected chi connectivity index (χ3v) is 6.91. The van der Waals surface area contributed by atoms with E-state index in [2.05, 4.69) is 37.8 Å². The lowest BCUT2D eigenvalue weighted by Crippen LogP contribution is -2.47. The van der Waals surface area contributed by atoms with Crippen molar-refractivity contribution in [3.05, 3.63) is 35.9 Å². The summed E-state index contributed by atoms with van der Waals surface area (Å²) in [5.41, 5.74) is 1.18. The van der Waals surface area contributed by atoms with E-state index >= 15 is 0 Å². The maximum Gasteiger partial charge on any atom is 0.226 e. The summed E-state index contributed by atoms with van der Waals surface area (Å²) in [5.74, 6) is 0.799. The van der Waals surface area contributed by atoms with Crippen LogP contribution in [-0.2, 0) is 16.1 Å². The van der Waals surface area contributed by atoms with Gasteiger partial charge in [0, 0.05) is 37.0 Å². The van der Waals surface area contributed by atoms with E-state index in [1.807, 2.05) is 23.1 Å². The second kappa shape index (κ2) is 10.3. The van der Waals surface area contributed by atoms with Crippen molar-refractivity contribution in [2.45, 2.75) is 90.8 Å². The van der Waals surface area contributed by atoms with Gasteiger partial charge in [0.2, 0.25) is 11.8 Å². The molecule has 1 aliphatic carbocycles. The highest BCUT2D eigenvalue weighted by Crippen LogP contribution is 2.33. The van der Waals surface area contributed by atoms with Gasteiger partial charge in [-0.1, -0.05) is 37.3 Å². The van der Waals surface area contributed by atoms with Gasteiger partial charge in [0.1, 0.15) is 0 Å². The zero-order valence-corrected chi connectivity index (χ0v) is 18.5. The standard InChI is InChI=1S/C25H38N2O2/c1-4-23-12-8-9-17-26(23)24(28)21-13-15-22(16-14-21)25(29)27(19(2)3)18-20-10-6-5-7-11-20/h5-7,10-11,19,21-23H,4,8-9,12-18H2,1-3H3. The summed E-state index contributed by atoms with van der Waals surface area (Å²) in [5, 5.41) is 0. The number of amides is 2. The molecule has 1 saturated carbocycles. The van der Waals surface area contributed by atoms with Gasteiger partial charge in [-0.3, -0.25) is 9.59 Å². The fourth-order valence-electron chi connectivity index (χ4n) is 5.07. The summed E-state index contributed by atoms with van der Waals surface area (Å²) in [6, 6.07) is 10.8. The highest BCUT2D eigenvalue weighted by molar-refractivity contribution is 5.81. The Hall–Kier alpha value is -1.84. The quantitative estimate of drug-likeness (QED) is 0.675. The van der Waals surface area contributed by atoms with Crippen LogP contribution in [0.25, 0.3) is 0 Å². The number of hydrogen-bond donors (Lipinski definition) is 0. The van der Waals surface area contributed by atoms with Crippen LogP contribution in [-0.4, -0.2) is 40.2 Å². The summed E-state index contributed by atoms with van der Waals surface area (Å²) >= 11 is 0. The van der Waals surface area contributed by atoms with Crippen molar-refractivity contribution in [3.8, 4) is 0 Å². The van der Waals surface area contributed by atoms with Crippen LogP contribution in [0.1, 0.15) is 77.7 Å². The van der Waals surface area contributed by atoms with Crippen LogP contribution in [0.3, 0.4) is 0 Å². The molecule has 0 N–H and O–H groups in total. The highest BCUT2D eigenvalue weighted by Gasteiger charge is 2.36. The molecule has 3 rings (SSSR count). The summed E-state index contributed by atoms with van der Waals surface area (Å²) in [6.45, 7) is 7.98. The van der Waals surface area contributed by atoms with Gasteiger partial charge in [0.15, 0.2) is 0 Å². The average Bonchev–Trinajstić information content (AvgIpc) is 2.77. The molecule has 1 aromatic carbocycles. The summed E-state index contributed by atoms with van der Waals surface area (Å²) < 4.78 is 0. The lowest BCUT2D eigenvalue weighted by molar-refractivity contribution is -0.144. The largest absolute Gasteiger partial charge is 0.339 e. The first-order valence-corrected chi connectivity index (χ1v) is 11.7. The van der Waals surface area contributed by atoms with Crippen LogP contribution >= 0.6 is 0 Å². The van der Waals surface area contributed by atoms with Crippen LogP contribution in [0.2, 0.25) is 0 Å². The molecule has 2 amide bonds. The van der Waals surface area contributed by atoms with Gasteiger partial charge in [0.05, 0.1) is 0 Å². The van der Waals surface area contributed by atoms with Crippen molar-refractivity contribution < 1.29 is 9.59 Å². The Morgan fingerprint density at radius 2 is 1.66 bits per heavy atom. The van der Waals surface area contributed by atoms with Gasteiger partial charge in [-0.15, -0.1) is 0 Å². The molecule has 2 fully saturated rings. The number of nitrogens with zero attached hydrogens (tertiary/aromatic N) is 2. The van der Waals surface area contributed by atoms with Gasteiger partial charge in [-0.2, -0.15) is 0 Å². The van der Waals surface area contributed by atoms with Crippen LogP contribution in [0.5, 0.6) is 0 Å². The molecule has 160 valence electrons. The summed E-state index contributed by atoms with van der Waals surface area (Å²) in [7, 11) is 0. The van der Waals surface area contributed by atoms with E-state index in [0.29, 0.717) is 18.5 Å². The minimum atomic E-state index is 0.0634. The Labute approximate surface area is 176 Å². The van der Waals surface area contributed by atoms with E-state index in [-0.39, 0.29) is 23.8 Å². The average molecular weight is 399 g/mol. The van der Waals surface area contributed by atoms with Crippen LogP contribution in [0.15, 0.2) is 30.3 Å². The van der Waals surface area contributed by atoms with Crippen LogP contribution < -0.4 is 0 Å². The molecule has 4 nitrogen and oxygen atoms in total. The fraction of sp³-hybridized carbons (Fsp3) is 0.680. The Morgan fingerprint density at radius 3 is 2.28 bits per heavy atom. The third kappa shape index (κ3) is 5.40. The normalized spacial score (nSPS) is 25.1. The van der Waals surface area contributed by atoms with Gasteiger partial charge in [0.25, 0.3) is 0 Å². The summed E-state index contributed by atoms with van der Waals surface area (Å²) in [6.07, 6.45) is 8.00. The van der Waals surface area contributed by atoms with E-state index in [4.69, 9.17) is 0 Å². The van der Waals surface area contributed by atoms with Gasteiger partial charge in [-0.05, 0) is 70.8 Å². The predicted molar refractivity (Wildman–Crippen MR) is 117 cm³/mol. The third-order valence-electron chi connectivity index (χ3n) is 6.91. The molecular formula is C25H38N2O2. The van der Waals surface area contributed by atoms with Crippen molar-refractivity contribution in [1.29, 1.82) is 0 Å².